The van der Waals surface area contributed by atoms with Crippen molar-refractivity contribution in [3.05, 3.63) is 59.2 Å². The summed E-state index contributed by atoms with van der Waals surface area (Å²) >= 11 is 0. The van der Waals surface area contributed by atoms with Gasteiger partial charge in [-0.1, -0.05) is 32.1 Å². The molecule has 0 amide bonds. The Balaban J connectivity index is 2.24. The van der Waals surface area contributed by atoms with Crippen molar-refractivity contribution in [3.8, 4) is 0 Å². The highest BCUT2D eigenvalue weighted by Crippen LogP contribution is 2.26. The van der Waals surface area contributed by atoms with Crippen molar-refractivity contribution >= 4 is 16.6 Å². The number of benzene rings is 1. The molecule has 4 heteroatoms. The zero-order valence-electron chi connectivity index (χ0n) is 15.8. The van der Waals surface area contributed by atoms with E-state index >= 15 is 0 Å². The average Bonchev–Trinajstić information content (AvgIpc) is 2.87. The van der Waals surface area contributed by atoms with E-state index in [-0.39, 0.29) is 5.92 Å². The van der Waals surface area contributed by atoms with E-state index in [2.05, 4.69) is 55.5 Å². The van der Waals surface area contributed by atoms with E-state index < -0.39 is 0 Å². The van der Waals surface area contributed by atoms with Crippen molar-refractivity contribution in [2.24, 2.45) is 22.4 Å². The molecule has 134 valence electrons. The smallest absolute Gasteiger partial charge is 0.116 e. The lowest BCUT2D eigenvalue weighted by molar-refractivity contribution is 0.673. The molecule has 2 rings (SSSR count). The van der Waals surface area contributed by atoms with Crippen LogP contribution in [0.4, 0.5) is 0 Å². The number of rotatable bonds is 7. The highest BCUT2D eigenvalue weighted by molar-refractivity contribution is 5.97. The van der Waals surface area contributed by atoms with E-state index in [0.717, 1.165) is 30.7 Å². The monoisotopic (exact) mass is 338 g/mol. The minimum Gasteiger partial charge on any atom is -0.402 e. The molecule has 0 fully saturated rings. The van der Waals surface area contributed by atoms with Crippen molar-refractivity contribution in [3.63, 3.8) is 0 Å². The van der Waals surface area contributed by atoms with E-state index in [1.54, 1.807) is 0 Å². The molecule has 0 radical (unpaired) electrons. The van der Waals surface area contributed by atoms with Gasteiger partial charge >= 0.3 is 0 Å². The summed E-state index contributed by atoms with van der Waals surface area (Å²) in [5.41, 5.74) is 18.3. The molecule has 0 spiro atoms. The van der Waals surface area contributed by atoms with Gasteiger partial charge in [0.1, 0.15) is 5.82 Å². The van der Waals surface area contributed by atoms with Crippen LogP contribution in [0.25, 0.3) is 10.9 Å². The molecular formula is C21H30N4. The molecule has 0 saturated heterocycles. The Morgan fingerprint density at radius 1 is 1.36 bits per heavy atom. The van der Waals surface area contributed by atoms with Crippen LogP contribution in [-0.2, 0) is 12.8 Å². The predicted octanol–water partition coefficient (Wildman–Crippen LogP) is 4.34. The molecule has 4 nitrogen and oxygen atoms in total. The second-order valence-electron chi connectivity index (χ2n) is 6.84. The summed E-state index contributed by atoms with van der Waals surface area (Å²) in [4.78, 5) is 7.96. The summed E-state index contributed by atoms with van der Waals surface area (Å²) in [6, 6.07) is 6.59. The van der Waals surface area contributed by atoms with Crippen LogP contribution in [0.1, 0.15) is 44.0 Å². The van der Waals surface area contributed by atoms with Crippen LogP contribution >= 0.6 is 0 Å². The lowest BCUT2D eigenvalue weighted by atomic mass is 9.95. The molecular weight excluding hydrogens is 308 g/mol. The zero-order valence-corrected chi connectivity index (χ0v) is 15.8. The quantitative estimate of drug-likeness (QED) is 0.656. The summed E-state index contributed by atoms with van der Waals surface area (Å²) < 4.78 is 0. The van der Waals surface area contributed by atoms with Crippen molar-refractivity contribution in [2.45, 2.75) is 47.0 Å². The summed E-state index contributed by atoms with van der Waals surface area (Å²) in [6.45, 7) is 12.0. The van der Waals surface area contributed by atoms with Gasteiger partial charge in [-0.05, 0) is 62.8 Å². The number of nitrogens with zero attached hydrogens (tertiary/aromatic N) is 1. The van der Waals surface area contributed by atoms with Crippen LogP contribution in [0.2, 0.25) is 0 Å². The summed E-state index contributed by atoms with van der Waals surface area (Å²) in [5, 5.41) is 1.34. The summed E-state index contributed by atoms with van der Waals surface area (Å²) in [7, 11) is 0. The lowest BCUT2D eigenvalue weighted by Gasteiger charge is -2.13. The maximum atomic E-state index is 5.83. The first-order chi connectivity index (χ1) is 11.8. The molecule has 0 bridgehead atoms. The molecule has 1 aromatic carbocycles. The van der Waals surface area contributed by atoms with E-state index in [1.165, 1.54) is 27.7 Å². The second-order valence-corrected chi connectivity index (χ2v) is 6.84. The minimum atomic E-state index is 0.247. The number of aliphatic imine (C=N–C) groups is 1. The number of allylic oxidation sites excluding steroid dienone is 2. The van der Waals surface area contributed by atoms with Crippen molar-refractivity contribution in [1.82, 2.24) is 4.98 Å². The third-order valence-corrected chi connectivity index (χ3v) is 4.48. The van der Waals surface area contributed by atoms with Gasteiger partial charge in [0, 0.05) is 28.0 Å². The molecule has 0 saturated carbocycles. The Kier molecular flexibility index (Phi) is 6.07. The maximum absolute atomic E-state index is 5.83. The van der Waals surface area contributed by atoms with Gasteiger partial charge in [0.05, 0.1) is 0 Å². The SMILES string of the molecule is C=C(N)/N=C(\C=C(/C)N)C(C)CCc1[nH]c2ccc(C)cc2c1CC. The second kappa shape index (κ2) is 8.06. The van der Waals surface area contributed by atoms with Crippen LogP contribution in [0.5, 0.6) is 0 Å². The van der Waals surface area contributed by atoms with Crippen molar-refractivity contribution in [2.75, 3.05) is 0 Å². The van der Waals surface area contributed by atoms with Crippen molar-refractivity contribution < 1.29 is 0 Å². The fraction of sp³-hybridized carbons (Fsp3) is 0.381. The van der Waals surface area contributed by atoms with Gasteiger partial charge in [-0.25, -0.2) is 4.99 Å². The Morgan fingerprint density at radius 2 is 2.08 bits per heavy atom. The van der Waals surface area contributed by atoms with Gasteiger partial charge in [0.25, 0.3) is 0 Å². The summed E-state index contributed by atoms with van der Waals surface area (Å²) in [5.74, 6) is 0.561. The highest BCUT2D eigenvalue weighted by atomic mass is 14.9. The van der Waals surface area contributed by atoms with Crippen LogP contribution < -0.4 is 11.5 Å². The molecule has 1 heterocycles. The standard InChI is InChI=1S/C21H30N4/c1-6-17-18-11-13(2)7-9-20(18)25-19(17)10-8-14(3)21(12-15(4)22)24-16(5)23/h7,9,11-12,14,25H,5-6,8,10,22-23H2,1-4H3/b15-12+,24-21+. The first-order valence-corrected chi connectivity index (χ1v) is 8.88. The first kappa shape index (κ1) is 18.8. The fourth-order valence-electron chi connectivity index (χ4n) is 3.23. The Bertz CT molecular complexity index is 820. The number of H-pyrrole nitrogens is 1. The van der Waals surface area contributed by atoms with Gasteiger partial charge in [0.2, 0.25) is 0 Å². The normalized spacial score (nSPS) is 14.1. The van der Waals surface area contributed by atoms with Gasteiger partial charge in [-0.3, -0.25) is 0 Å². The van der Waals surface area contributed by atoms with Crippen LogP contribution in [0, 0.1) is 12.8 Å². The maximum Gasteiger partial charge on any atom is 0.116 e. The largest absolute Gasteiger partial charge is 0.402 e. The third-order valence-electron chi connectivity index (χ3n) is 4.48. The minimum absolute atomic E-state index is 0.247. The Morgan fingerprint density at radius 3 is 2.68 bits per heavy atom. The number of fused-ring (bicyclic) bond motifs is 1. The van der Waals surface area contributed by atoms with Crippen LogP contribution in [0.3, 0.4) is 0 Å². The van der Waals surface area contributed by atoms with Gasteiger partial charge in [-0.2, -0.15) is 0 Å². The number of nitrogens with two attached hydrogens (primary N) is 2. The molecule has 25 heavy (non-hydrogen) atoms. The molecule has 5 N–H and O–H groups in total. The number of aromatic amines is 1. The Labute approximate surface area is 150 Å². The van der Waals surface area contributed by atoms with Crippen LogP contribution in [0.15, 0.2) is 47.4 Å². The van der Waals surface area contributed by atoms with E-state index in [4.69, 9.17) is 11.5 Å². The molecule has 0 aliphatic carbocycles. The molecule has 1 atom stereocenters. The summed E-state index contributed by atoms with van der Waals surface area (Å²) in [6.07, 6.45) is 4.84. The lowest BCUT2D eigenvalue weighted by Crippen LogP contribution is -2.13. The van der Waals surface area contributed by atoms with E-state index in [1.807, 2.05) is 13.0 Å². The van der Waals surface area contributed by atoms with Crippen LogP contribution in [-0.4, -0.2) is 10.7 Å². The molecule has 1 aromatic heterocycles. The number of nitrogens with one attached hydrogen (secondary N) is 1. The van der Waals surface area contributed by atoms with Crippen molar-refractivity contribution in [1.29, 1.82) is 0 Å². The van der Waals surface area contributed by atoms with Gasteiger partial charge in [-0.15, -0.1) is 0 Å². The Hall–Kier alpha value is -2.49. The molecule has 0 aliphatic heterocycles. The molecule has 1 unspecified atom stereocenters. The predicted molar refractivity (Wildman–Crippen MR) is 109 cm³/mol. The number of hydrogen-bond acceptors (Lipinski definition) is 3. The zero-order chi connectivity index (χ0) is 18.6. The topological polar surface area (TPSA) is 80.2 Å². The highest BCUT2D eigenvalue weighted by Gasteiger charge is 2.14. The number of aryl methyl sites for hydroxylation is 3. The van der Waals surface area contributed by atoms with E-state index in [0.29, 0.717) is 5.82 Å². The molecule has 0 aliphatic rings. The molecule has 2 aromatic rings. The van der Waals surface area contributed by atoms with Gasteiger partial charge in [0.15, 0.2) is 0 Å². The fourth-order valence-corrected chi connectivity index (χ4v) is 3.23. The number of aromatic nitrogens is 1. The average molecular weight is 338 g/mol. The van der Waals surface area contributed by atoms with Gasteiger partial charge < -0.3 is 16.5 Å². The number of hydrogen-bond donors (Lipinski definition) is 3. The first-order valence-electron chi connectivity index (χ1n) is 8.88. The third kappa shape index (κ3) is 4.75. The van der Waals surface area contributed by atoms with E-state index in [9.17, 15) is 0 Å².